The minimum absolute atomic E-state index is 0.361. The molecule has 0 fully saturated rings. The molecule has 0 saturated carbocycles. The molecule has 0 aromatic heterocycles. The van der Waals surface area contributed by atoms with Gasteiger partial charge in [0.1, 0.15) is 4.75 Å². The van der Waals surface area contributed by atoms with Crippen LogP contribution in [0.15, 0.2) is 95.4 Å². The molecule has 0 aliphatic heterocycles. The molecule has 0 spiro atoms. The molecule has 1 nitrogen and oxygen atoms in total. The van der Waals surface area contributed by atoms with Crippen LogP contribution in [-0.2, 0) is 4.75 Å². The fourth-order valence-electron chi connectivity index (χ4n) is 4.04. The minimum atomic E-state index is -0.361. The van der Waals surface area contributed by atoms with Gasteiger partial charge in [-0.3, -0.25) is 0 Å². The molecule has 0 aliphatic rings. The molecule has 3 aromatic rings. The number of unbranched alkanes of at least 4 members (excludes halogenated alkanes) is 7. The quantitative estimate of drug-likeness (QED) is 0.114. The average molecular weight is 430 g/mol. The minimum Gasteiger partial charge on any atom is -0.227 e. The van der Waals surface area contributed by atoms with E-state index in [1.54, 1.807) is 11.9 Å². The van der Waals surface area contributed by atoms with Crippen LogP contribution >= 0.6 is 11.9 Å². The number of benzene rings is 3. The molecule has 0 radical (unpaired) electrons. The summed E-state index contributed by atoms with van der Waals surface area (Å²) in [7, 11) is 0. The van der Waals surface area contributed by atoms with Crippen LogP contribution < -0.4 is 0 Å². The van der Waals surface area contributed by atoms with Gasteiger partial charge in [0.2, 0.25) is 0 Å². The van der Waals surface area contributed by atoms with Crippen molar-refractivity contribution in [3.63, 3.8) is 0 Å². The van der Waals surface area contributed by atoms with E-state index in [-0.39, 0.29) is 4.75 Å². The van der Waals surface area contributed by atoms with Crippen LogP contribution in [0.5, 0.6) is 0 Å². The van der Waals surface area contributed by atoms with E-state index in [0.29, 0.717) is 0 Å². The maximum atomic E-state index is 4.91. The second-order valence-corrected chi connectivity index (χ2v) is 9.07. The highest BCUT2D eigenvalue weighted by atomic mass is 32.2. The number of nitrogens with zero attached hydrogens (tertiary/aromatic N) is 1. The zero-order valence-corrected chi connectivity index (χ0v) is 19.6. The van der Waals surface area contributed by atoms with Gasteiger partial charge in [-0.25, -0.2) is 4.40 Å². The Bertz CT molecular complexity index is 778. The van der Waals surface area contributed by atoms with Gasteiger partial charge in [0.05, 0.1) is 0 Å². The normalized spacial score (nSPS) is 11.8. The second-order valence-electron chi connectivity index (χ2n) is 8.07. The van der Waals surface area contributed by atoms with Gasteiger partial charge < -0.3 is 0 Å². The van der Waals surface area contributed by atoms with E-state index in [4.69, 9.17) is 4.40 Å². The third-order valence-corrected chi connectivity index (χ3v) is 6.98. The van der Waals surface area contributed by atoms with Gasteiger partial charge in [-0.05, 0) is 41.5 Å². The molecule has 0 heterocycles. The van der Waals surface area contributed by atoms with Gasteiger partial charge in [-0.1, -0.05) is 136 Å². The highest BCUT2D eigenvalue weighted by Gasteiger charge is 2.37. The molecule has 0 bridgehead atoms. The first-order valence-corrected chi connectivity index (χ1v) is 12.5. The lowest BCUT2D eigenvalue weighted by Gasteiger charge is -2.33. The Morgan fingerprint density at radius 3 is 1.48 bits per heavy atom. The maximum Gasteiger partial charge on any atom is 0.112 e. The zero-order chi connectivity index (χ0) is 21.6. The van der Waals surface area contributed by atoms with Crippen molar-refractivity contribution in [3.8, 4) is 0 Å². The fraction of sp³-hybridized carbons (Fsp3) is 0.345. The highest BCUT2D eigenvalue weighted by molar-refractivity contribution is 7.99. The van der Waals surface area contributed by atoms with Crippen LogP contribution in [0.3, 0.4) is 0 Å². The molecule has 0 unspecified atom stereocenters. The van der Waals surface area contributed by atoms with E-state index >= 15 is 0 Å². The van der Waals surface area contributed by atoms with E-state index < -0.39 is 0 Å². The van der Waals surface area contributed by atoms with Gasteiger partial charge in [-0.2, -0.15) is 0 Å². The molecule has 3 rings (SSSR count). The van der Waals surface area contributed by atoms with E-state index in [9.17, 15) is 0 Å². The lowest BCUT2D eigenvalue weighted by atomic mass is 9.84. The number of rotatable bonds is 13. The summed E-state index contributed by atoms with van der Waals surface area (Å²) in [5.41, 5.74) is 3.77. The Morgan fingerprint density at radius 2 is 1.03 bits per heavy atom. The van der Waals surface area contributed by atoms with Gasteiger partial charge in [-0.15, -0.1) is 0 Å². The van der Waals surface area contributed by atoms with Crippen molar-refractivity contribution in [2.24, 2.45) is 4.40 Å². The molecule has 0 aliphatic carbocycles. The Morgan fingerprint density at radius 1 is 0.613 bits per heavy atom. The predicted octanol–water partition coefficient (Wildman–Crippen LogP) is 8.84. The van der Waals surface area contributed by atoms with Crippen LogP contribution in [0, 0.1) is 0 Å². The van der Waals surface area contributed by atoms with Crippen molar-refractivity contribution in [1.82, 2.24) is 0 Å². The first kappa shape index (κ1) is 23.3. The van der Waals surface area contributed by atoms with Crippen LogP contribution in [0.25, 0.3) is 0 Å². The van der Waals surface area contributed by atoms with Crippen molar-refractivity contribution >= 4 is 18.2 Å². The highest BCUT2D eigenvalue weighted by Crippen LogP contribution is 2.48. The largest absolute Gasteiger partial charge is 0.227 e. The van der Waals surface area contributed by atoms with Gasteiger partial charge in [0, 0.05) is 6.21 Å². The summed E-state index contributed by atoms with van der Waals surface area (Å²) < 4.78 is 4.55. The molecule has 0 atom stereocenters. The lowest BCUT2D eigenvalue weighted by molar-refractivity contribution is 0.596. The summed E-state index contributed by atoms with van der Waals surface area (Å²) in [5, 5.41) is 0. The lowest BCUT2D eigenvalue weighted by Crippen LogP contribution is -2.24. The van der Waals surface area contributed by atoms with Crippen molar-refractivity contribution in [2.45, 2.75) is 63.0 Å². The standard InChI is InChI=1S/C29H35NS/c1-2-3-4-5-6-7-8-18-25-30-31-29(26-19-12-9-13-20-26,27-21-14-10-15-22-27)28-23-16-11-17-24-28/h9-17,19-25H,2-8,18H2,1H3/b30-25-. The molecule has 0 saturated heterocycles. The summed E-state index contributed by atoms with van der Waals surface area (Å²) >= 11 is 1.67. The van der Waals surface area contributed by atoms with Crippen molar-refractivity contribution in [2.75, 3.05) is 0 Å². The topological polar surface area (TPSA) is 12.4 Å². The van der Waals surface area contributed by atoms with Crippen molar-refractivity contribution in [1.29, 1.82) is 0 Å². The Balaban J connectivity index is 1.77. The molecule has 2 heteroatoms. The first-order chi connectivity index (χ1) is 15.4. The third kappa shape index (κ3) is 6.58. The molecule has 31 heavy (non-hydrogen) atoms. The molecule has 0 N–H and O–H groups in total. The third-order valence-electron chi connectivity index (χ3n) is 5.74. The van der Waals surface area contributed by atoms with Gasteiger partial charge >= 0.3 is 0 Å². The second kappa shape index (κ2) is 13.2. The van der Waals surface area contributed by atoms with Crippen molar-refractivity contribution < 1.29 is 0 Å². The monoisotopic (exact) mass is 429 g/mol. The van der Waals surface area contributed by atoms with E-state index in [1.807, 2.05) is 0 Å². The zero-order valence-electron chi connectivity index (χ0n) is 18.7. The molecular formula is C29H35NS. The summed E-state index contributed by atoms with van der Waals surface area (Å²) in [6.45, 7) is 2.27. The predicted molar refractivity (Wildman–Crippen MR) is 138 cm³/mol. The fourth-order valence-corrected chi connectivity index (χ4v) is 5.10. The summed E-state index contributed by atoms with van der Waals surface area (Å²) in [5.74, 6) is 0. The first-order valence-electron chi connectivity index (χ1n) is 11.7. The Kier molecular flexibility index (Phi) is 9.92. The summed E-state index contributed by atoms with van der Waals surface area (Å²) in [6, 6.07) is 32.3. The average Bonchev–Trinajstić information content (AvgIpc) is 2.84. The smallest absolute Gasteiger partial charge is 0.112 e. The van der Waals surface area contributed by atoms with E-state index in [2.05, 4.69) is 104 Å². The van der Waals surface area contributed by atoms with Gasteiger partial charge in [0.25, 0.3) is 0 Å². The van der Waals surface area contributed by atoms with Crippen LogP contribution in [0.1, 0.15) is 75.0 Å². The number of hydrogen-bond acceptors (Lipinski definition) is 2. The van der Waals surface area contributed by atoms with Crippen LogP contribution in [-0.4, -0.2) is 6.21 Å². The van der Waals surface area contributed by atoms with E-state index in [0.717, 1.165) is 6.42 Å². The Hall–Kier alpha value is -2.32. The molecule has 3 aromatic carbocycles. The van der Waals surface area contributed by atoms with Crippen molar-refractivity contribution in [3.05, 3.63) is 108 Å². The van der Waals surface area contributed by atoms with Crippen LogP contribution in [0.4, 0.5) is 0 Å². The summed E-state index contributed by atoms with van der Waals surface area (Å²) in [6.07, 6.45) is 12.5. The molecule has 162 valence electrons. The summed E-state index contributed by atoms with van der Waals surface area (Å²) in [4.78, 5) is 0. The van der Waals surface area contributed by atoms with Gasteiger partial charge in [0.15, 0.2) is 0 Å². The van der Waals surface area contributed by atoms with Crippen LogP contribution in [0.2, 0.25) is 0 Å². The maximum absolute atomic E-state index is 4.91. The Labute approximate surface area is 193 Å². The molecular weight excluding hydrogens is 394 g/mol. The SMILES string of the molecule is CCCCCCCCC/C=N\SC(c1ccccc1)(c1ccccc1)c1ccccc1. The molecule has 0 amide bonds. The number of hydrogen-bond donors (Lipinski definition) is 0. The van der Waals surface area contributed by atoms with E-state index in [1.165, 1.54) is 61.6 Å².